The van der Waals surface area contributed by atoms with Crippen molar-refractivity contribution in [2.45, 2.75) is 19.5 Å². The lowest BCUT2D eigenvalue weighted by atomic mass is 10.2. The second kappa shape index (κ2) is 6.82. The molecule has 0 aliphatic rings. The van der Waals surface area contributed by atoms with Crippen LogP contribution in [0.25, 0.3) is 10.9 Å². The first kappa shape index (κ1) is 15.7. The molecule has 112 valence electrons. The standard InChI is InChI=1S/C14H16BrN3O3/c1-9(7-21-2)17-13(19)6-18-8-16-12-5-10(15)3-4-11(12)14(18)20/h3-5,8-9H,6-7H2,1-2H3,(H,17,19). The number of carbonyl (C=O) groups excluding carboxylic acids is 1. The summed E-state index contributed by atoms with van der Waals surface area (Å²) in [6.45, 7) is 2.19. The van der Waals surface area contributed by atoms with Crippen LogP contribution in [0.15, 0.2) is 33.8 Å². The zero-order valence-corrected chi connectivity index (χ0v) is 13.4. The number of hydrogen-bond donors (Lipinski definition) is 1. The van der Waals surface area contributed by atoms with Crippen LogP contribution in [0, 0.1) is 0 Å². The Hall–Kier alpha value is -1.73. The number of ether oxygens (including phenoxy) is 1. The first-order chi connectivity index (χ1) is 10.0. The summed E-state index contributed by atoms with van der Waals surface area (Å²) in [5.41, 5.74) is 0.362. The largest absolute Gasteiger partial charge is 0.383 e. The SMILES string of the molecule is COCC(C)NC(=O)Cn1cnc2cc(Br)ccc2c1=O. The molecule has 1 N–H and O–H groups in total. The molecule has 0 radical (unpaired) electrons. The number of methoxy groups -OCH3 is 1. The molecule has 0 aliphatic heterocycles. The van der Waals surface area contributed by atoms with Gasteiger partial charge < -0.3 is 10.1 Å². The topological polar surface area (TPSA) is 73.2 Å². The van der Waals surface area contributed by atoms with E-state index in [0.717, 1.165) is 4.47 Å². The van der Waals surface area contributed by atoms with Gasteiger partial charge in [-0.05, 0) is 25.1 Å². The van der Waals surface area contributed by atoms with E-state index in [0.29, 0.717) is 17.5 Å². The van der Waals surface area contributed by atoms with E-state index in [9.17, 15) is 9.59 Å². The maximum atomic E-state index is 12.3. The maximum absolute atomic E-state index is 12.3. The molecule has 1 atom stereocenters. The first-order valence-electron chi connectivity index (χ1n) is 6.44. The lowest BCUT2D eigenvalue weighted by Crippen LogP contribution is -2.39. The number of aromatic nitrogens is 2. The molecule has 7 heteroatoms. The van der Waals surface area contributed by atoms with Crippen LogP contribution in [0.1, 0.15) is 6.92 Å². The molecule has 1 aromatic heterocycles. The van der Waals surface area contributed by atoms with Gasteiger partial charge in [-0.25, -0.2) is 4.98 Å². The molecule has 0 fully saturated rings. The van der Waals surface area contributed by atoms with E-state index in [2.05, 4.69) is 26.2 Å². The van der Waals surface area contributed by atoms with Gasteiger partial charge in [0.1, 0.15) is 6.54 Å². The number of halogens is 1. The Morgan fingerprint density at radius 2 is 2.29 bits per heavy atom. The molecule has 21 heavy (non-hydrogen) atoms. The Morgan fingerprint density at radius 3 is 3.00 bits per heavy atom. The summed E-state index contributed by atoms with van der Waals surface area (Å²) in [6, 6.07) is 5.12. The molecule has 1 aromatic carbocycles. The summed E-state index contributed by atoms with van der Waals surface area (Å²) in [7, 11) is 1.57. The second-order valence-electron chi connectivity index (χ2n) is 4.76. The predicted octanol–water partition coefficient (Wildman–Crippen LogP) is 1.31. The van der Waals surface area contributed by atoms with Gasteiger partial charge in [-0.3, -0.25) is 14.2 Å². The summed E-state index contributed by atoms with van der Waals surface area (Å²) >= 11 is 3.33. The lowest BCUT2D eigenvalue weighted by molar-refractivity contribution is -0.122. The van der Waals surface area contributed by atoms with Crippen LogP contribution in [0.5, 0.6) is 0 Å². The second-order valence-corrected chi connectivity index (χ2v) is 5.68. The van der Waals surface area contributed by atoms with E-state index in [1.165, 1.54) is 10.9 Å². The van der Waals surface area contributed by atoms with Gasteiger partial charge in [0.2, 0.25) is 5.91 Å². The van der Waals surface area contributed by atoms with Crippen LogP contribution in [0.3, 0.4) is 0 Å². The molecule has 0 saturated heterocycles. The van der Waals surface area contributed by atoms with Crippen molar-refractivity contribution in [3.8, 4) is 0 Å². The zero-order chi connectivity index (χ0) is 15.4. The van der Waals surface area contributed by atoms with Crippen LogP contribution >= 0.6 is 15.9 Å². The summed E-state index contributed by atoms with van der Waals surface area (Å²) in [4.78, 5) is 28.4. The van der Waals surface area contributed by atoms with Crippen molar-refractivity contribution in [1.82, 2.24) is 14.9 Å². The van der Waals surface area contributed by atoms with Gasteiger partial charge in [-0.2, -0.15) is 0 Å². The molecule has 2 rings (SSSR count). The Bertz CT molecular complexity index is 714. The number of nitrogens with zero attached hydrogens (tertiary/aromatic N) is 2. The minimum Gasteiger partial charge on any atom is -0.383 e. The Balaban J connectivity index is 2.19. The van der Waals surface area contributed by atoms with E-state index >= 15 is 0 Å². The number of carbonyl (C=O) groups is 1. The van der Waals surface area contributed by atoms with Crippen molar-refractivity contribution in [2.24, 2.45) is 0 Å². The maximum Gasteiger partial charge on any atom is 0.261 e. The molecular formula is C14H16BrN3O3. The third-order valence-corrected chi connectivity index (χ3v) is 3.42. The summed E-state index contributed by atoms with van der Waals surface area (Å²) in [6.07, 6.45) is 1.39. The van der Waals surface area contributed by atoms with Gasteiger partial charge in [-0.1, -0.05) is 15.9 Å². The highest BCUT2D eigenvalue weighted by Crippen LogP contribution is 2.14. The molecule has 0 bridgehead atoms. The number of benzene rings is 1. The van der Waals surface area contributed by atoms with E-state index in [1.54, 1.807) is 25.3 Å². The van der Waals surface area contributed by atoms with Crippen molar-refractivity contribution in [2.75, 3.05) is 13.7 Å². The predicted molar refractivity (Wildman–Crippen MR) is 83.2 cm³/mol. The smallest absolute Gasteiger partial charge is 0.261 e. The van der Waals surface area contributed by atoms with E-state index in [1.807, 2.05) is 6.92 Å². The average Bonchev–Trinajstić information content (AvgIpc) is 2.42. The van der Waals surface area contributed by atoms with Crippen LogP contribution < -0.4 is 10.9 Å². The zero-order valence-electron chi connectivity index (χ0n) is 11.8. The van der Waals surface area contributed by atoms with Crippen LogP contribution in [-0.4, -0.2) is 35.2 Å². The van der Waals surface area contributed by atoms with E-state index < -0.39 is 0 Å². The third kappa shape index (κ3) is 3.89. The van der Waals surface area contributed by atoms with Gasteiger partial charge >= 0.3 is 0 Å². The fourth-order valence-electron chi connectivity index (χ4n) is 2.01. The number of fused-ring (bicyclic) bond motifs is 1. The highest BCUT2D eigenvalue weighted by molar-refractivity contribution is 9.10. The number of nitrogens with one attached hydrogen (secondary N) is 1. The molecule has 0 spiro atoms. The van der Waals surface area contributed by atoms with Crippen molar-refractivity contribution in [3.63, 3.8) is 0 Å². The third-order valence-electron chi connectivity index (χ3n) is 2.93. The number of amides is 1. The van der Waals surface area contributed by atoms with Crippen molar-refractivity contribution >= 4 is 32.7 Å². The van der Waals surface area contributed by atoms with Gasteiger partial charge in [0.15, 0.2) is 0 Å². The monoisotopic (exact) mass is 353 g/mol. The molecule has 2 aromatic rings. The van der Waals surface area contributed by atoms with Gasteiger partial charge in [0, 0.05) is 17.6 Å². The van der Waals surface area contributed by atoms with Gasteiger partial charge in [0.05, 0.1) is 23.8 Å². The fourth-order valence-corrected chi connectivity index (χ4v) is 2.36. The van der Waals surface area contributed by atoms with E-state index in [4.69, 9.17) is 4.74 Å². The molecule has 6 nitrogen and oxygen atoms in total. The minimum absolute atomic E-state index is 0.0636. The van der Waals surface area contributed by atoms with Crippen LogP contribution in [0.2, 0.25) is 0 Å². The molecule has 1 heterocycles. The lowest BCUT2D eigenvalue weighted by Gasteiger charge is -2.13. The van der Waals surface area contributed by atoms with Crippen molar-refractivity contribution in [3.05, 3.63) is 39.4 Å². The summed E-state index contributed by atoms with van der Waals surface area (Å²) < 4.78 is 7.10. The minimum atomic E-state index is -0.250. The molecular weight excluding hydrogens is 338 g/mol. The van der Waals surface area contributed by atoms with E-state index in [-0.39, 0.29) is 24.1 Å². The van der Waals surface area contributed by atoms with Crippen LogP contribution in [0.4, 0.5) is 0 Å². The molecule has 1 unspecified atom stereocenters. The normalized spacial score (nSPS) is 12.3. The Labute approximate surface area is 130 Å². The van der Waals surface area contributed by atoms with Gasteiger partial charge in [-0.15, -0.1) is 0 Å². The highest BCUT2D eigenvalue weighted by Gasteiger charge is 2.10. The molecule has 0 aliphatic carbocycles. The Morgan fingerprint density at radius 1 is 1.52 bits per heavy atom. The number of rotatable bonds is 5. The fraction of sp³-hybridized carbons (Fsp3) is 0.357. The van der Waals surface area contributed by atoms with Crippen LogP contribution in [-0.2, 0) is 16.1 Å². The average molecular weight is 354 g/mol. The quantitative estimate of drug-likeness (QED) is 0.879. The molecule has 0 saturated carbocycles. The Kier molecular flexibility index (Phi) is 5.08. The molecule has 1 amide bonds. The highest BCUT2D eigenvalue weighted by atomic mass is 79.9. The summed E-state index contributed by atoms with van der Waals surface area (Å²) in [5, 5.41) is 3.24. The van der Waals surface area contributed by atoms with Crippen molar-refractivity contribution in [1.29, 1.82) is 0 Å². The van der Waals surface area contributed by atoms with Crippen molar-refractivity contribution < 1.29 is 9.53 Å². The first-order valence-corrected chi connectivity index (χ1v) is 7.23. The van der Waals surface area contributed by atoms with Gasteiger partial charge in [0.25, 0.3) is 5.56 Å². The summed E-state index contributed by atoms with van der Waals surface area (Å²) in [5.74, 6) is -0.250. The number of hydrogen-bond acceptors (Lipinski definition) is 4.